The minimum absolute atomic E-state index is 0.0394. The zero-order valence-corrected chi connectivity index (χ0v) is 29.6. The first-order chi connectivity index (χ1) is 18.7. The number of hydrogen-bond acceptors (Lipinski definition) is 2. The Bertz CT molecular complexity index is 1150. The van der Waals surface area contributed by atoms with Gasteiger partial charge in [0.15, 0.2) is 0 Å². The maximum atomic E-state index is 12.2. The fraction of sp³-hybridized carbons (Fsp3) is 0.811. The average Bonchev–Trinajstić information content (AvgIpc) is 3.05. The number of rotatable bonds is 3. The molecule has 2 N–H and O–H groups in total. The van der Waals surface area contributed by atoms with Gasteiger partial charge in [-0.2, -0.15) is 0 Å². The summed E-state index contributed by atoms with van der Waals surface area (Å²) in [6.07, 6.45) is 21.2. The number of hydrogen-bond donors (Lipinski definition) is 1. The van der Waals surface area contributed by atoms with Crippen LogP contribution in [-0.4, -0.2) is 34.0 Å². The van der Waals surface area contributed by atoms with E-state index >= 15 is 0 Å². The molecule has 1 unspecified atom stereocenters. The van der Waals surface area contributed by atoms with Gasteiger partial charge in [-0.15, -0.1) is 0 Å². The number of carbonyl (C=O) groups excluding carboxylic acids is 1. The summed E-state index contributed by atoms with van der Waals surface area (Å²) in [6, 6.07) is 0. The van der Waals surface area contributed by atoms with Crippen LogP contribution >= 0.6 is 0 Å². The molecular formula is C37H56NOPo. The van der Waals surface area contributed by atoms with Gasteiger partial charge in [0.05, 0.1) is 0 Å². The maximum absolute atomic E-state index is 12.2. The van der Waals surface area contributed by atoms with Crippen LogP contribution in [-0.2, 0) is 4.79 Å². The molecule has 0 heterocycles. The van der Waals surface area contributed by atoms with Crippen LogP contribution in [0.1, 0.15) is 125 Å². The van der Waals surface area contributed by atoms with Crippen LogP contribution < -0.4 is 5.73 Å². The van der Waals surface area contributed by atoms with Crippen LogP contribution in [0, 0.1) is 57.2 Å². The molecule has 6 aliphatic rings. The Labute approximate surface area is 261 Å². The van der Waals surface area contributed by atoms with E-state index < -0.39 is 0 Å². The first-order valence-electron chi connectivity index (χ1n) is 16.7. The van der Waals surface area contributed by atoms with E-state index in [1.807, 2.05) is 0 Å². The van der Waals surface area contributed by atoms with Crippen molar-refractivity contribution in [3.63, 3.8) is 0 Å². The van der Waals surface area contributed by atoms with Crippen molar-refractivity contribution in [2.45, 2.75) is 131 Å². The fourth-order valence-corrected chi connectivity index (χ4v) is 13.7. The number of fused-ring (bicyclic) bond motifs is 7. The van der Waals surface area contributed by atoms with Crippen molar-refractivity contribution in [2.75, 3.05) is 0 Å². The zero-order chi connectivity index (χ0) is 28.9. The van der Waals surface area contributed by atoms with E-state index in [1.165, 1.54) is 69.8 Å². The summed E-state index contributed by atoms with van der Waals surface area (Å²) >= 11 is 1.14. The van der Waals surface area contributed by atoms with Crippen LogP contribution in [0.2, 0.25) is 0 Å². The molecule has 2 nitrogen and oxygen atoms in total. The van der Waals surface area contributed by atoms with Crippen molar-refractivity contribution in [3.8, 4) is 0 Å². The van der Waals surface area contributed by atoms with E-state index in [1.54, 1.807) is 11.1 Å². The van der Waals surface area contributed by atoms with Gasteiger partial charge in [-0.1, -0.05) is 19.1 Å². The van der Waals surface area contributed by atoms with Crippen molar-refractivity contribution in [2.24, 2.45) is 62.9 Å². The summed E-state index contributed by atoms with van der Waals surface area (Å²) in [5.74, 6) is 3.76. The number of allylic oxidation sites excluding steroid dienone is 5. The third-order valence-electron chi connectivity index (χ3n) is 15.0. The molecule has 0 bridgehead atoms. The molecule has 1 radical (unpaired) electrons. The van der Waals surface area contributed by atoms with E-state index in [2.05, 4.69) is 60.3 Å². The van der Waals surface area contributed by atoms with Crippen LogP contribution in [0.15, 0.2) is 35.5 Å². The average molecular weight is 740 g/mol. The molecule has 40 heavy (non-hydrogen) atoms. The summed E-state index contributed by atoms with van der Waals surface area (Å²) in [6.45, 7) is 20.1. The van der Waals surface area contributed by atoms with E-state index in [0.717, 1.165) is 62.1 Å². The Morgan fingerprint density at radius 1 is 0.925 bits per heavy atom. The van der Waals surface area contributed by atoms with Gasteiger partial charge in [-0.3, -0.25) is 0 Å². The van der Waals surface area contributed by atoms with Crippen molar-refractivity contribution in [1.82, 2.24) is 0 Å². The van der Waals surface area contributed by atoms with Gasteiger partial charge in [0.25, 0.3) is 0 Å². The Balaban J connectivity index is 1.33. The molecule has 10 atom stereocenters. The molecule has 4 fully saturated rings. The van der Waals surface area contributed by atoms with Gasteiger partial charge >= 0.3 is 181 Å². The third-order valence-corrected chi connectivity index (χ3v) is 16.3. The first-order valence-corrected chi connectivity index (χ1v) is 18.3. The van der Waals surface area contributed by atoms with Gasteiger partial charge in [-0.25, -0.2) is 0 Å². The quantitative estimate of drug-likeness (QED) is 0.295. The van der Waals surface area contributed by atoms with Crippen molar-refractivity contribution in [1.29, 1.82) is 0 Å². The second-order valence-corrected chi connectivity index (χ2v) is 18.4. The Kier molecular flexibility index (Phi) is 7.36. The van der Waals surface area contributed by atoms with Crippen molar-refractivity contribution >= 4 is 28.5 Å². The topological polar surface area (TPSA) is 43.1 Å². The standard InChI is InChI=1S/C37H56NO.Po/c1-24(2)27-15-20-37(38)22-21-35(6)29(32(27)37)13-14-31-34(5)18-16-28(26-10-8-9-25(23-39)11-12-26)33(3,4)30(34)17-19-36(31,35)7;/h12,16,25,27,29-32H,1,8-11,13-15,17-22,38H2,2-7H3;/t25?,27-,29+,30-,31+,32+,34-,35+,36+,37-;/m0./s1. The Hall–Kier alpha value is -0.254. The summed E-state index contributed by atoms with van der Waals surface area (Å²) < 4.78 is 0.458. The molecular weight excluding hydrogens is 683 g/mol. The molecule has 0 saturated heterocycles. The molecule has 4 saturated carbocycles. The first kappa shape index (κ1) is 29.8. The molecule has 0 aromatic heterocycles. The second kappa shape index (κ2) is 9.88. The fourth-order valence-electron chi connectivity index (χ4n) is 12.9. The minimum Gasteiger partial charge on any atom is -0.0134 e. The van der Waals surface area contributed by atoms with Gasteiger partial charge in [0.1, 0.15) is 0 Å². The van der Waals surface area contributed by atoms with Crippen molar-refractivity contribution < 1.29 is 4.79 Å². The summed E-state index contributed by atoms with van der Waals surface area (Å²) in [4.78, 5) is 12.2. The SMILES string of the molecule is C=C(C)[C@@H]1CC[C@]2(N)CC[C@]3(C)[C@H](CC[C@@H]4[C@@]5(C)CC=C(C6=CCC([C](=O)[Po])CCC6)C(C)(C)[C@@H]5CC[C@]43C)[C@@H]12. The molecule has 0 aliphatic heterocycles. The molecule has 0 amide bonds. The van der Waals surface area contributed by atoms with Gasteiger partial charge in [-0.05, 0) is 50.4 Å². The summed E-state index contributed by atoms with van der Waals surface area (Å²) in [5.41, 5.74) is 13.2. The third kappa shape index (κ3) is 4.08. The molecule has 0 aromatic rings. The molecule has 0 spiro atoms. The van der Waals surface area contributed by atoms with Crippen LogP contribution in [0.4, 0.5) is 0 Å². The van der Waals surface area contributed by atoms with E-state index in [4.69, 9.17) is 5.73 Å². The summed E-state index contributed by atoms with van der Waals surface area (Å²) in [5, 5.41) is 0. The Morgan fingerprint density at radius 2 is 1.68 bits per heavy atom. The van der Waals surface area contributed by atoms with Crippen LogP contribution in [0.3, 0.4) is 0 Å². The predicted molar refractivity (Wildman–Crippen MR) is 168 cm³/mol. The molecule has 6 rings (SSSR count). The predicted octanol–water partition coefficient (Wildman–Crippen LogP) is 8.70. The van der Waals surface area contributed by atoms with Crippen LogP contribution in [0.5, 0.6) is 0 Å². The molecule has 0 aromatic carbocycles. The van der Waals surface area contributed by atoms with Gasteiger partial charge in [0.2, 0.25) is 0 Å². The van der Waals surface area contributed by atoms with E-state index in [-0.39, 0.29) is 16.9 Å². The van der Waals surface area contributed by atoms with Crippen molar-refractivity contribution in [3.05, 3.63) is 35.5 Å². The minimum atomic E-state index is 0.0394. The number of carbonyl (C=O) groups is 1. The zero-order valence-electron chi connectivity index (χ0n) is 26.4. The van der Waals surface area contributed by atoms with Gasteiger partial charge in [0, 0.05) is 5.54 Å². The van der Waals surface area contributed by atoms with Crippen LogP contribution in [0.25, 0.3) is 0 Å². The van der Waals surface area contributed by atoms with E-state index in [0.29, 0.717) is 31.5 Å². The summed E-state index contributed by atoms with van der Waals surface area (Å²) in [7, 11) is 0. The monoisotopic (exact) mass is 739 g/mol. The Morgan fingerprint density at radius 3 is 2.38 bits per heavy atom. The van der Waals surface area contributed by atoms with E-state index in [9.17, 15) is 4.79 Å². The van der Waals surface area contributed by atoms with Gasteiger partial charge < -0.3 is 5.73 Å². The normalized spacial score (nSPS) is 49.8. The smallest absolute Gasteiger partial charge is 0.0134 e. The molecule has 221 valence electrons. The second-order valence-electron chi connectivity index (χ2n) is 16.8. The molecule has 3 heteroatoms. The molecule has 6 aliphatic carbocycles. The number of nitrogens with two attached hydrogens (primary N) is 1.